The Balaban J connectivity index is 3.84. The lowest BCUT2D eigenvalue weighted by molar-refractivity contribution is 0.291. The molecule has 0 aromatic heterocycles. The quantitative estimate of drug-likeness (QED) is 0.524. The van der Waals surface area contributed by atoms with Gasteiger partial charge in [0.25, 0.3) is 0 Å². The van der Waals surface area contributed by atoms with Crippen LogP contribution in [0.4, 0.5) is 0 Å². The fourth-order valence-corrected chi connectivity index (χ4v) is 1.51. The van der Waals surface area contributed by atoms with Gasteiger partial charge in [-0.15, -0.1) is 6.58 Å². The normalized spacial score (nSPS) is 11.5. The Morgan fingerprint density at radius 2 is 1.50 bits per heavy atom. The van der Waals surface area contributed by atoms with Gasteiger partial charge in [-0.3, -0.25) is 0 Å². The summed E-state index contributed by atoms with van der Waals surface area (Å²) in [5, 5.41) is 0. The van der Waals surface area contributed by atoms with Gasteiger partial charge in [-0.05, 0) is 24.2 Å². The van der Waals surface area contributed by atoms with Crippen LogP contribution in [0, 0.1) is 17.8 Å². The van der Waals surface area contributed by atoms with E-state index in [0.29, 0.717) is 0 Å². The minimum atomic E-state index is 0.790. The molecule has 0 aliphatic rings. The summed E-state index contributed by atoms with van der Waals surface area (Å²) in [4.78, 5) is 0. The zero-order chi connectivity index (χ0) is 8.15. The highest BCUT2D eigenvalue weighted by atomic mass is 14.2. The molecule has 0 atom stereocenters. The molecule has 0 heteroatoms. The minimum absolute atomic E-state index is 0.790. The fourth-order valence-electron chi connectivity index (χ4n) is 1.51. The molecule has 0 radical (unpaired) electrons. The standard InChI is InChI=1S/C10H20/c1-6-7-10(8(2)3)9(4)5/h6,8-10H,1,7H2,2-5H3. The smallest absolute Gasteiger partial charge is 0.0320 e. The van der Waals surface area contributed by atoms with Crippen molar-refractivity contribution in [3.8, 4) is 0 Å². The van der Waals surface area contributed by atoms with Gasteiger partial charge in [0.2, 0.25) is 0 Å². The van der Waals surface area contributed by atoms with Crippen LogP contribution >= 0.6 is 0 Å². The monoisotopic (exact) mass is 140 g/mol. The molecule has 0 rings (SSSR count). The van der Waals surface area contributed by atoms with Crippen LogP contribution in [0.5, 0.6) is 0 Å². The molecule has 10 heavy (non-hydrogen) atoms. The van der Waals surface area contributed by atoms with Crippen molar-refractivity contribution in [1.29, 1.82) is 0 Å². The molecule has 0 aliphatic heterocycles. The van der Waals surface area contributed by atoms with Gasteiger partial charge in [0.1, 0.15) is 0 Å². The van der Waals surface area contributed by atoms with Crippen LogP contribution in [0.1, 0.15) is 34.1 Å². The first-order valence-electron chi connectivity index (χ1n) is 4.20. The molecule has 0 saturated heterocycles. The molecule has 0 spiro atoms. The number of rotatable bonds is 4. The van der Waals surface area contributed by atoms with E-state index in [0.717, 1.165) is 24.2 Å². The number of hydrogen-bond donors (Lipinski definition) is 0. The Hall–Kier alpha value is -0.260. The second-order valence-corrected chi connectivity index (χ2v) is 3.68. The first-order valence-corrected chi connectivity index (χ1v) is 4.20. The first-order chi connectivity index (χ1) is 4.59. The van der Waals surface area contributed by atoms with Crippen molar-refractivity contribution in [3.63, 3.8) is 0 Å². The third-order valence-electron chi connectivity index (χ3n) is 2.15. The first kappa shape index (κ1) is 9.74. The summed E-state index contributed by atoms with van der Waals surface area (Å²) < 4.78 is 0. The van der Waals surface area contributed by atoms with Gasteiger partial charge in [-0.25, -0.2) is 0 Å². The van der Waals surface area contributed by atoms with Crippen LogP contribution in [0.25, 0.3) is 0 Å². The Morgan fingerprint density at radius 3 is 1.60 bits per heavy atom. The zero-order valence-electron chi connectivity index (χ0n) is 7.72. The van der Waals surface area contributed by atoms with E-state index in [1.54, 1.807) is 0 Å². The van der Waals surface area contributed by atoms with Crippen molar-refractivity contribution >= 4 is 0 Å². The Bertz CT molecular complexity index is 82.2. The third kappa shape index (κ3) is 3.05. The van der Waals surface area contributed by atoms with Gasteiger partial charge in [-0.1, -0.05) is 33.8 Å². The van der Waals surface area contributed by atoms with Crippen LogP contribution in [0.3, 0.4) is 0 Å². The summed E-state index contributed by atoms with van der Waals surface area (Å²) in [6, 6.07) is 0. The maximum absolute atomic E-state index is 3.77. The second-order valence-electron chi connectivity index (χ2n) is 3.68. The van der Waals surface area contributed by atoms with Gasteiger partial charge in [0.15, 0.2) is 0 Å². The molecule has 60 valence electrons. The average Bonchev–Trinajstić information content (AvgIpc) is 1.81. The van der Waals surface area contributed by atoms with Crippen LogP contribution in [0.2, 0.25) is 0 Å². The largest absolute Gasteiger partial charge is 0.103 e. The lowest BCUT2D eigenvalue weighted by Crippen LogP contribution is -2.14. The Labute approximate surface area is 65.3 Å². The molecular weight excluding hydrogens is 120 g/mol. The van der Waals surface area contributed by atoms with E-state index in [-0.39, 0.29) is 0 Å². The summed E-state index contributed by atoms with van der Waals surface area (Å²) in [7, 11) is 0. The predicted molar refractivity (Wildman–Crippen MR) is 48.0 cm³/mol. The van der Waals surface area contributed by atoms with Crippen molar-refractivity contribution < 1.29 is 0 Å². The van der Waals surface area contributed by atoms with E-state index in [1.807, 2.05) is 6.08 Å². The van der Waals surface area contributed by atoms with E-state index >= 15 is 0 Å². The van der Waals surface area contributed by atoms with Crippen molar-refractivity contribution in [3.05, 3.63) is 12.7 Å². The van der Waals surface area contributed by atoms with Crippen LogP contribution < -0.4 is 0 Å². The Morgan fingerprint density at radius 1 is 1.10 bits per heavy atom. The van der Waals surface area contributed by atoms with Gasteiger partial charge >= 0.3 is 0 Å². The fraction of sp³-hybridized carbons (Fsp3) is 0.800. The van der Waals surface area contributed by atoms with E-state index < -0.39 is 0 Å². The molecule has 0 unspecified atom stereocenters. The van der Waals surface area contributed by atoms with E-state index in [4.69, 9.17) is 0 Å². The Kier molecular flexibility index (Phi) is 4.42. The topological polar surface area (TPSA) is 0 Å². The molecule has 0 saturated carbocycles. The van der Waals surface area contributed by atoms with Crippen LogP contribution in [-0.4, -0.2) is 0 Å². The van der Waals surface area contributed by atoms with Crippen LogP contribution in [-0.2, 0) is 0 Å². The second kappa shape index (κ2) is 4.54. The number of hydrogen-bond acceptors (Lipinski definition) is 0. The highest BCUT2D eigenvalue weighted by molar-refractivity contribution is 4.76. The molecular formula is C10H20. The van der Waals surface area contributed by atoms with Crippen LogP contribution in [0.15, 0.2) is 12.7 Å². The minimum Gasteiger partial charge on any atom is -0.103 e. The summed E-state index contributed by atoms with van der Waals surface area (Å²) in [5.41, 5.74) is 0. The van der Waals surface area contributed by atoms with Crippen molar-refractivity contribution in [2.75, 3.05) is 0 Å². The van der Waals surface area contributed by atoms with Gasteiger partial charge in [-0.2, -0.15) is 0 Å². The lowest BCUT2D eigenvalue weighted by atomic mass is 9.83. The average molecular weight is 140 g/mol. The third-order valence-corrected chi connectivity index (χ3v) is 2.15. The maximum atomic E-state index is 3.77. The van der Waals surface area contributed by atoms with Gasteiger partial charge < -0.3 is 0 Å². The van der Waals surface area contributed by atoms with E-state index in [9.17, 15) is 0 Å². The van der Waals surface area contributed by atoms with Crippen molar-refractivity contribution in [1.82, 2.24) is 0 Å². The summed E-state index contributed by atoms with van der Waals surface area (Å²) in [5.74, 6) is 2.40. The van der Waals surface area contributed by atoms with Gasteiger partial charge in [0.05, 0.1) is 0 Å². The molecule has 0 fully saturated rings. The van der Waals surface area contributed by atoms with Crippen molar-refractivity contribution in [2.45, 2.75) is 34.1 Å². The molecule has 0 aliphatic carbocycles. The number of allylic oxidation sites excluding steroid dienone is 1. The van der Waals surface area contributed by atoms with Crippen molar-refractivity contribution in [2.24, 2.45) is 17.8 Å². The molecule has 0 bridgehead atoms. The predicted octanol–water partition coefficient (Wildman–Crippen LogP) is 3.49. The SMILES string of the molecule is C=CCC(C(C)C)C(C)C. The summed E-state index contributed by atoms with van der Waals surface area (Å²) in [6.07, 6.45) is 3.19. The summed E-state index contributed by atoms with van der Waals surface area (Å²) in [6.45, 7) is 12.9. The van der Waals surface area contributed by atoms with E-state index in [2.05, 4.69) is 34.3 Å². The molecule has 0 aromatic rings. The highest BCUT2D eigenvalue weighted by Crippen LogP contribution is 2.23. The highest BCUT2D eigenvalue weighted by Gasteiger charge is 2.14. The molecule has 0 N–H and O–H groups in total. The zero-order valence-corrected chi connectivity index (χ0v) is 7.72. The lowest BCUT2D eigenvalue weighted by Gasteiger charge is -2.22. The summed E-state index contributed by atoms with van der Waals surface area (Å²) >= 11 is 0. The molecule has 0 amide bonds. The molecule has 0 heterocycles. The maximum Gasteiger partial charge on any atom is -0.0320 e. The van der Waals surface area contributed by atoms with E-state index in [1.165, 1.54) is 0 Å². The van der Waals surface area contributed by atoms with Gasteiger partial charge in [0, 0.05) is 0 Å². The molecule has 0 aromatic carbocycles. The molecule has 0 nitrogen and oxygen atoms in total.